The molecule has 1 amide bonds. The zero-order valence-corrected chi connectivity index (χ0v) is 12.3. The monoisotopic (exact) mass is 296 g/mol. The van der Waals surface area contributed by atoms with Gasteiger partial charge < -0.3 is 5.32 Å². The number of aromatic nitrogens is 5. The second-order valence-electron chi connectivity index (χ2n) is 5.10. The van der Waals surface area contributed by atoms with E-state index in [0.717, 1.165) is 0 Å². The number of amides is 1. The zero-order chi connectivity index (χ0) is 15.5. The van der Waals surface area contributed by atoms with Crippen molar-refractivity contribution in [2.45, 2.75) is 19.9 Å². The number of nitrogens with one attached hydrogen (secondary N) is 2. The molecule has 0 aromatic carbocycles. The van der Waals surface area contributed by atoms with Crippen molar-refractivity contribution in [2.24, 2.45) is 0 Å². The summed E-state index contributed by atoms with van der Waals surface area (Å²) in [5.74, 6) is -0.280. The van der Waals surface area contributed by atoms with Crippen LogP contribution in [0.1, 0.15) is 30.4 Å². The van der Waals surface area contributed by atoms with E-state index in [9.17, 15) is 4.79 Å². The first-order valence-corrected chi connectivity index (χ1v) is 6.96. The number of H-pyrrole nitrogens is 1. The van der Waals surface area contributed by atoms with Gasteiger partial charge in [0.05, 0.1) is 17.6 Å². The van der Waals surface area contributed by atoms with Crippen LogP contribution in [0.3, 0.4) is 0 Å². The van der Waals surface area contributed by atoms with Crippen LogP contribution < -0.4 is 5.32 Å². The largest absolute Gasteiger partial charge is 0.317 e. The number of hydrogen-bond acceptors (Lipinski definition) is 4. The van der Waals surface area contributed by atoms with Gasteiger partial charge in [-0.25, -0.2) is 0 Å². The summed E-state index contributed by atoms with van der Waals surface area (Å²) in [6.45, 7) is 4.01. The van der Waals surface area contributed by atoms with Crippen molar-refractivity contribution in [2.75, 3.05) is 5.32 Å². The van der Waals surface area contributed by atoms with Crippen LogP contribution in [0.15, 0.2) is 42.9 Å². The zero-order valence-electron chi connectivity index (χ0n) is 12.3. The SMILES string of the molecule is CC(C)n1ccc(C(=O)Nc2cn[nH]c2-c2ccccn2)n1. The van der Waals surface area contributed by atoms with Crippen molar-refractivity contribution < 1.29 is 4.79 Å². The highest BCUT2D eigenvalue weighted by atomic mass is 16.2. The van der Waals surface area contributed by atoms with Crippen LogP contribution in [-0.4, -0.2) is 30.9 Å². The number of carbonyl (C=O) groups excluding carboxylic acids is 1. The van der Waals surface area contributed by atoms with Crippen molar-refractivity contribution in [1.29, 1.82) is 0 Å². The average Bonchev–Trinajstić information content (AvgIpc) is 3.17. The molecule has 7 heteroatoms. The Labute approximate surface area is 127 Å². The third kappa shape index (κ3) is 2.73. The molecule has 0 aliphatic rings. The molecule has 3 heterocycles. The van der Waals surface area contributed by atoms with Crippen LogP contribution in [0.25, 0.3) is 11.4 Å². The third-order valence-corrected chi connectivity index (χ3v) is 3.18. The summed E-state index contributed by atoms with van der Waals surface area (Å²) in [5.41, 5.74) is 2.31. The molecular weight excluding hydrogens is 280 g/mol. The van der Waals surface area contributed by atoms with Crippen LogP contribution in [0.4, 0.5) is 5.69 Å². The molecule has 0 aliphatic heterocycles. The van der Waals surface area contributed by atoms with E-state index in [4.69, 9.17) is 0 Å². The first-order valence-electron chi connectivity index (χ1n) is 6.96. The van der Waals surface area contributed by atoms with Gasteiger partial charge in [-0.3, -0.25) is 19.6 Å². The molecule has 22 heavy (non-hydrogen) atoms. The minimum absolute atomic E-state index is 0.208. The summed E-state index contributed by atoms with van der Waals surface area (Å²) in [6.07, 6.45) is 5.03. The van der Waals surface area contributed by atoms with Gasteiger partial charge in [0.2, 0.25) is 0 Å². The van der Waals surface area contributed by atoms with Crippen LogP contribution in [0.2, 0.25) is 0 Å². The smallest absolute Gasteiger partial charge is 0.276 e. The maximum Gasteiger partial charge on any atom is 0.276 e. The molecule has 3 aromatic rings. The number of nitrogens with zero attached hydrogens (tertiary/aromatic N) is 4. The lowest BCUT2D eigenvalue weighted by atomic mass is 10.2. The van der Waals surface area contributed by atoms with Gasteiger partial charge in [0.15, 0.2) is 5.69 Å². The van der Waals surface area contributed by atoms with Gasteiger partial charge in [-0.05, 0) is 32.0 Å². The molecule has 3 aromatic heterocycles. The van der Waals surface area contributed by atoms with Crippen LogP contribution in [-0.2, 0) is 0 Å². The fourth-order valence-electron chi connectivity index (χ4n) is 2.02. The van der Waals surface area contributed by atoms with E-state index in [1.165, 1.54) is 0 Å². The lowest BCUT2D eigenvalue weighted by molar-refractivity contribution is 0.102. The summed E-state index contributed by atoms with van der Waals surface area (Å²) in [7, 11) is 0. The summed E-state index contributed by atoms with van der Waals surface area (Å²) in [4.78, 5) is 16.5. The normalized spacial score (nSPS) is 10.9. The number of rotatable bonds is 4. The molecule has 0 saturated carbocycles. The Bertz CT molecular complexity index is 774. The standard InChI is InChI=1S/C15H16N6O/c1-10(2)21-8-6-12(20-21)15(22)18-13-9-17-19-14(13)11-5-3-4-7-16-11/h3-10H,1-2H3,(H,17,19)(H,18,22). The minimum Gasteiger partial charge on any atom is -0.317 e. The Hall–Kier alpha value is -2.96. The molecule has 0 unspecified atom stereocenters. The lowest BCUT2D eigenvalue weighted by Crippen LogP contribution is -2.14. The highest BCUT2D eigenvalue weighted by molar-refractivity contribution is 6.04. The molecule has 2 N–H and O–H groups in total. The third-order valence-electron chi connectivity index (χ3n) is 3.18. The van der Waals surface area contributed by atoms with Gasteiger partial charge in [0.25, 0.3) is 5.91 Å². The van der Waals surface area contributed by atoms with Gasteiger partial charge >= 0.3 is 0 Å². The molecule has 112 valence electrons. The topological polar surface area (TPSA) is 88.5 Å². The predicted molar refractivity (Wildman–Crippen MR) is 82.4 cm³/mol. The first-order chi connectivity index (χ1) is 10.6. The Morgan fingerprint density at radius 2 is 2.18 bits per heavy atom. The number of carbonyl (C=O) groups is 1. The van der Waals surface area contributed by atoms with Crippen LogP contribution in [0, 0.1) is 0 Å². The van der Waals surface area contributed by atoms with Crippen LogP contribution in [0.5, 0.6) is 0 Å². The maximum atomic E-state index is 12.3. The van der Waals surface area contributed by atoms with Gasteiger partial charge in [0.1, 0.15) is 5.69 Å². The quantitative estimate of drug-likeness (QED) is 0.774. The Morgan fingerprint density at radius 1 is 1.32 bits per heavy atom. The van der Waals surface area contributed by atoms with E-state index in [2.05, 4.69) is 25.6 Å². The van der Waals surface area contributed by atoms with E-state index in [1.807, 2.05) is 32.0 Å². The highest BCUT2D eigenvalue weighted by Crippen LogP contribution is 2.23. The second-order valence-corrected chi connectivity index (χ2v) is 5.10. The fraction of sp³-hybridized carbons (Fsp3) is 0.200. The van der Waals surface area contributed by atoms with Crippen molar-refractivity contribution in [3.05, 3.63) is 48.5 Å². The van der Waals surface area contributed by atoms with Crippen LogP contribution >= 0.6 is 0 Å². The van der Waals surface area contributed by atoms with Gasteiger partial charge in [-0.2, -0.15) is 10.2 Å². The lowest BCUT2D eigenvalue weighted by Gasteiger charge is -2.05. The van der Waals surface area contributed by atoms with Gasteiger partial charge in [-0.1, -0.05) is 6.07 Å². The molecule has 0 fully saturated rings. The molecular formula is C15H16N6O. The molecule has 7 nitrogen and oxygen atoms in total. The summed E-state index contributed by atoms with van der Waals surface area (Å²) < 4.78 is 1.74. The number of aromatic amines is 1. The highest BCUT2D eigenvalue weighted by Gasteiger charge is 2.15. The van der Waals surface area contributed by atoms with E-state index in [1.54, 1.807) is 29.3 Å². The van der Waals surface area contributed by atoms with Gasteiger partial charge in [-0.15, -0.1) is 0 Å². The minimum atomic E-state index is -0.280. The van der Waals surface area contributed by atoms with Crippen molar-refractivity contribution in [3.8, 4) is 11.4 Å². The predicted octanol–water partition coefficient (Wildman–Crippen LogP) is 2.50. The second kappa shape index (κ2) is 5.80. The molecule has 0 bridgehead atoms. The Kier molecular flexibility index (Phi) is 3.69. The Morgan fingerprint density at radius 3 is 2.86 bits per heavy atom. The van der Waals surface area contributed by atoms with E-state index >= 15 is 0 Å². The van der Waals surface area contributed by atoms with Gasteiger partial charge in [0, 0.05) is 18.4 Å². The number of hydrogen-bond donors (Lipinski definition) is 2. The molecule has 0 spiro atoms. The number of pyridine rings is 1. The maximum absolute atomic E-state index is 12.3. The molecule has 0 aliphatic carbocycles. The Balaban J connectivity index is 1.82. The molecule has 3 rings (SSSR count). The van der Waals surface area contributed by atoms with Crippen molar-refractivity contribution in [1.82, 2.24) is 25.0 Å². The van der Waals surface area contributed by atoms with E-state index in [-0.39, 0.29) is 11.9 Å². The average molecular weight is 296 g/mol. The van der Waals surface area contributed by atoms with E-state index < -0.39 is 0 Å². The van der Waals surface area contributed by atoms with Crippen molar-refractivity contribution >= 4 is 11.6 Å². The molecule has 0 radical (unpaired) electrons. The summed E-state index contributed by atoms with van der Waals surface area (Å²) >= 11 is 0. The first kappa shape index (κ1) is 14.0. The summed E-state index contributed by atoms with van der Waals surface area (Å²) in [5, 5.41) is 13.9. The number of anilines is 1. The fourth-order valence-corrected chi connectivity index (χ4v) is 2.02. The molecule has 0 saturated heterocycles. The molecule has 0 atom stereocenters. The van der Waals surface area contributed by atoms with E-state index in [0.29, 0.717) is 22.8 Å². The van der Waals surface area contributed by atoms with Crippen molar-refractivity contribution in [3.63, 3.8) is 0 Å². The summed E-state index contributed by atoms with van der Waals surface area (Å²) in [6, 6.07) is 7.45.